The van der Waals surface area contributed by atoms with Crippen LogP contribution in [-0.4, -0.2) is 9.97 Å². The number of benzene rings is 11. The minimum atomic E-state index is 0.682. The van der Waals surface area contributed by atoms with Gasteiger partial charge < -0.3 is 4.42 Å². The van der Waals surface area contributed by atoms with Gasteiger partial charge in [-0.1, -0.05) is 176 Å². The number of furan rings is 1. The minimum absolute atomic E-state index is 0.682. The SMILES string of the molecule is c1ccc(-c2nc(-c3ccc(-c4cccc(-c5cc6ccc7cccc8c9cccc%10ccc%11cccc(c(c5)c6c78)c%11c%109)c4)cc3)cc(-c3ccc4c(c3)oc3ccccc34)n2)cc1. The molecule has 0 aliphatic rings. The third kappa shape index (κ3) is 5.62. The third-order valence-electron chi connectivity index (χ3n) is 13.6. The molecule has 2 aromatic heterocycles. The highest BCUT2D eigenvalue weighted by Gasteiger charge is 2.18. The van der Waals surface area contributed by atoms with Crippen LogP contribution in [0.25, 0.3) is 143 Å². The summed E-state index contributed by atoms with van der Waals surface area (Å²) in [5, 5.41) is 17.6. The fourth-order valence-electron chi connectivity index (χ4n) is 10.5. The lowest BCUT2D eigenvalue weighted by Crippen LogP contribution is -1.96. The Morgan fingerprint density at radius 1 is 0.246 bits per heavy atom. The molecule has 0 radical (unpaired) electrons. The van der Waals surface area contributed by atoms with E-state index in [1.54, 1.807) is 0 Å². The maximum atomic E-state index is 6.28. The highest BCUT2D eigenvalue weighted by atomic mass is 16.3. The molecular weight excluding hydrogens is 789 g/mol. The van der Waals surface area contributed by atoms with Gasteiger partial charge in [0.05, 0.1) is 11.4 Å². The zero-order valence-electron chi connectivity index (χ0n) is 35.1. The van der Waals surface area contributed by atoms with E-state index in [1.165, 1.54) is 75.8 Å². The summed E-state index contributed by atoms with van der Waals surface area (Å²) in [5.74, 6) is 0.682. The number of hydrogen-bond acceptors (Lipinski definition) is 3. The average molecular weight is 825 g/mol. The van der Waals surface area contributed by atoms with Crippen LogP contribution in [0.5, 0.6) is 0 Å². The molecule has 0 bridgehead atoms. The van der Waals surface area contributed by atoms with Gasteiger partial charge in [0.15, 0.2) is 5.82 Å². The molecule has 14 aromatic rings. The van der Waals surface area contributed by atoms with Gasteiger partial charge >= 0.3 is 0 Å². The fraction of sp³-hybridized carbons (Fsp3) is 0. The van der Waals surface area contributed by atoms with Crippen molar-refractivity contribution in [2.45, 2.75) is 0 Å². The summed E-state index contributed by atoms with van der Waals surface area (Å²) < 4.78 is 6.28. The summed E-state index contributed by atoms with van der Waals surface area (Å²) in [5.41, 5.74) is 11.1. The smallest absolute Gasteiger partial charge is 0.160 e. The van der Waals surface area contributed by atoms with Crippen LogP contribution in [0, 0.1) is 0 Å². The van der Waals surface area contributed by atoms with Crippen molar-refractivity contribution in [1.82, 2.24) is 9.97 Å². The van der Waals surface area contributed by atoms with Crippen LogP contribution < -0.4 is 0 Å². The molecule has 0 fully saturated rings. The van der Waals surface area contributed by atoms with Gasteiger partial charge in [0, 0.05) is 27.5 Å². The van der Waals surface area contributed by atoms with Gasteiger partial charge in [-0.2, -0.15) is 0 Å². The maximum absolute atomic E-state index is 6.28. The predicted molar refractivity (Wildman–Crippen MR) is 273 cm³/mol. The second kappa shape index (κ2) is 13.9. The molecule has 0 aliphatic carbocycles. The molecule has 0 amide bonds. The summed E-state index contributed by atoms with van der Waals surface area (Å²) in [6.07, 6.45) is 0. The zero-order chi connectivity index (χ0) is 42.6. The molecule has 14 rings (SSSR count). The van der Waals surface area contributed by atoms with Crippen molar-refractivity contribution in [2.24, 2.45) is 0 Å². The van der Waals surface area contributed by atoms with Gasteiger partial charge in [0.2, 0.25) is 0 Å². The molecule has 0 saturated heterocycles. The van der Waals surface area contributed by atoms with Crippen LogP contribution >= 0.6 is 0 Å². The highest BCUT2D eigenvalue weighted by molar-refractivity contribution is 6.37. The lowest BCUT2D eigenvalue weighted by Gasteiger charge is -2.17. The quantitative estimate of drug-likeness (QED) is 0.162. The molecule has 0 N–H and O–H groups in total. The zero-order valence-corrected chi connectivity index (χ0v) is 35.1. The van der Waals surface area contributed by atoms with Crippen molar-refractivity contribution in [3.63, 3.8) is 0 Å². The standard InChI is InChI=1S/C62H36N2O/c1-2-10-42(11-3-1)62-63-54(36-55(64-62)45-30-31-49-48-17-4-5-21-56(48)65-57(49)35-45)38-24-22-37(23-25-38)43-15-6-16-44(32-43)47-33-46-29-28-41-13-8-19-51-50-18-7-12-39-26-27-40-14-9-20-52(60(40)58(39)50)53(34-47)61(46)59(41)51/h1-36H. The molecule has 0 spiro atoms. The predicted octanol–water partition coefficient (Wildman–Crippen LogP) is 17.1. The van der Waals surface area contributed by atoms with Crippen LogP contribution in [0.4, 0.5) is 0 Å². The normalized spacial score (nSPS) is 12.0. The van der Waals surface area contributed by atoms with Crippen molar-refractivity contribution in [1.29, 1.82) is 0 Å². The maximum Gasteiger partial charge on any atom is 0.160 e. The van der Waals surface area contributed by atoms with E-state index in [2.05, 4.69) is 182 Å². The summed E-state index contributed by atoms with van der Waals surface area (Å²) in [7, 11) is 0. The minimum Gasteiger partial charge on any atom is -0.456 e. The van der Waals surface area contributed by atoms with E-state index in [4.69, 9.17) is 14.4 Å². The number of fused-ring (bicyclic) bond motifs is 5. The van der Waals surface area contributed by atoms with E-state index in [-0.39, 0.29) is 0 Å². The number of para-hydroxylation sites is 1. The van der Waals surface area contributed by atoms with Crippen molar-refractivity contribution >= 4 is 86.6 Å². The van der Waals surface area contributed by atoms with Gasteiger partial charge in [-0.15, -0.1) is 0 Å². The molecule has 12 aromatic carbocycles. The third-order valence-corrected chi connectivity index (χ3v) is 13.6. The lowest BCUT2D eigenvalue weighted by molar-refractivity contribution is 0.669. The summed E-state index contributed by atoms with van der Waals surface area (Å²) in [6, 6.07) is 78.9. The number of rotatable bonds is 5. The van der Waals surface area contributed by atoms with Gasteiger partial charge in [0.1, 0.15) is 11.2 Å². The monoisotopic (exact) mass is 824 g/mol. The van der Waals surface area contributed by atoms with E-state index >= 15 is 0 Å². The molecule has 2 heterocycles. The van der Waals surface area contributed by atoms with Crippen LogP contribution in [-0.2, 0) is 0 Å². The fourth-order valence-corrected chi connectivity index (χ4v) is 10.5. The van der Waals surface area contributed by atoms with Crippen LogP contribution in [0.2, 0.25) is 0 Å². The Hall–Kier alpha value is -8.66. The first-order valence-corrected chi connectivity index (χ1v) is 22.2. The van der Waals surface area contributed by atoms with E-state index in [0.717, 1.165) is 61.1 Å². The van der Waals surface area contributed by atoms with Gasteiger partial charge in [-0.05, 0) is 129 Å². The van der Waals surface area contributed by atoms with Crippen molar-refractivity contribution < 1.29 is 4.42 Å². The molecule has 0 saturated carbocycles. The summed E-state index contributed by atoms with van der Waals surface area (Å²) >= 11 is 0. The molecule has 0 atom stereocenters. The Morgan fingerprint density at radius 3 is 1.46 bits per heavy atom. The molecule has 3 heteroatoms. The number of hydrogen-bond donors (Lipinski definition) is 0. The Morgan fingerprint density at radius 2 is 0.754 bits per heavy atom. The second-order valence-electron chi connectivity index (χ2n) is 17.3. The van der Waals surface area contributed by atoms with Crippen molar-refractivity contribution in [2.75, 3.05) is 0 Å². The Balaban J connectivity index is 0.891. The molecule has 65 heavy (non-hydrogen) atoms. The Labute approximate surface area is 373 Å². The summed E-state index contributed by atoms with van der Waals surface area (Å²) in [4.78, 5) is 10.2. The molecule has 0 aliphatic heterocycles. The number of aromatic nitrogens is 2. The van der Waals surface area contributed by atoms with Gasteiger partial charge in [-0.3, -0.25) is 0 Å². The van der Waals surface area contributed by atoms with Crippen molar-refractivity contribution in [3.05, 3.63) is 218 Å². The van der Waals surface area contributed by atoms with Crippen molar-refractivity contribution in [3.8, 4) is 56.2 Å². The van der Waals surface area contributed by atoms with Gasteiger partial charge in [0.25, 0.3) is 0 Å². The highest BCUT2D eigenvalue weighted by Crippen LogP contribution is 2.45. The average Bonchev–Trinajstić information content (AvgIpc) is 3.75. The van der Waals surface area contributed by atoms with E-state index < -0.39 is 0 Å². The summed E-state index contributed by atoms with van der Waals surface area (Å²) in [6.45, 7) is 0. The van der Waals surface area contributed by atoms with Crippen LogP contribution in [0.1, 0.15) is 0 Å². The lowest BCUT2D eigenvalue weighted by atomic mass is 9.86. The van der Waals surface area contributed by atoms with E-state index in [0.29, 0.717) is 5.82 Å². The second-order valence-corrected chi connectivity index (χ2v) is 17.3. The molecular formula is C62H36N2O. The first-order chi connectivity index (χ1) is 32.2. The van der Waals surface area contributed by atoms with Crippen LogP contribution in [0.3, 0.4) is 0 Å². The first-order valence-electron chi connectivity index (χ1n) is 22.2. The first kappa shape index (κ1) is 35.9. The molecule has 0 unspecified atom stereocenters. The van der Waals surface area contributed by atoms with E-state index in [9.17, 15) is 0 Å². The van der Waals surface area contributed by atoms with Gasteiger partial charge in [-0.25, -0.2) is 9.97 Å². The largest absolute Gasteiger partial charge is 0.456 e. The topological polar surface area (TPSA) is 38.9 Å². The Bertz CT molecular complexity index is 4220. The number of nitrogens with zero attached hydrogens (tertiary/aromatic N) is 2. The Kier molecular flexibility index (Phi) is 7.69. The van der Waals surface area contributed by atoms with E-state index in [1.807, 2.05) is 36.4 Å². The molecule has 300 valence electrons. The van der Waals surface area contributed by atoms with Crippen LogP contribution in [0.15, 0.2) is 223 Å². The molecule has 3 nitrogen and oxygen atoms in total.